The quantitative estimate of drug-likeness (QED) is 0.467. The minimum atomic E-state index is -0.0463. The van der Waals surface area contributed by atoms with Gasteiger partial charge in [-0.25, -0.2) is 0 Å². The molecule has 0 atom stereocenters. The van der Waals surface area contributed by atoms with Gasteiger partial charge >= 0.3 is 0 Å². The van der Waals surface area contributed by atoms with Crippen molar-refractivity contribution >= 4 is 46.1 Å². The maximum atomic E-state index is 12.6. The van der Waals surface area contributed by atoms with Crippen molar-refractivity contribution < 1.29 is 19.1 Å². The number of rotatable bonds is 8. The second-order valence-corrected chi connectivity index (χ2v) is 8.75. The van der Waals surface area contributed by atoms with Gasteiger partial charge in [0, 0.05) is 39.3 Å². The fourth-order valence-corrected chi connectivity index (χ4v) is 4.70. The van der Waals surface area contributed by atoms with Crippen LogP contribution in [-0.4, -0.2) is 80.1 Å². The first kappa shape index (κ1) is 22.9. The van der Waals surface area contributed by atoms with Crippen molar-refractivity contribution in [3.63, 3.8) is 0 Å². The van der Waals surface area contributed by atoms with Crippen LogP contribution in [0.4, 0.5) is 5.13 Å². The number of carbonyl (C=O) groups is 2. The fourth-order valence-electron chi connectivity index (χ4n) is 2.94. The first-order valence-electron chi connectivity index (χ1n) is 9.65. The first-order chi connectivity index (χ1) is 15.0. The Balaban J connectivity index is 1.51. The van der Waals surface area contributed by atoms with E-state index in [4.69, 9.17) is 9.47 Å². The number of aromatic nitrogens is 2. The molecule has 0 aliphatic carbocycles. The summed E-state index contributed by atoms with van der Waals surface area (Å²) in [6, 6.07) is 5.51. The Kier molecular flexibility index (Phi) is 8.13. The molecule has 0 unspecified atom stereocenters. The van der Waals surface area contributed by atoms with Gasteiger partial charge < -0.3 is 24.6 Å². The number of carbonyl (C=O) groups excluding carboxylic acids is 2. The Hall–Kier alpha value is -2.79. The number of piperazine rings is 1. The monoisotopic (exact) mass is 463 g/mol. The minimum Gasteiger partial charge on any atom is -0.493 e. The second kappa shape index (κ2) is 11.0. The standard InChI is InChI=1S/C20H25N5O4S2/c1-21-17(26)13-30-20-23-22-19(31-20)25-10-8-24(9-11-25)18(27)7-5-14-4-6-15(28-2)16(12-14)29-3/h4-7,12H,8-11,13H2,1-3H3,(H,21,26)/b7-5+. The van der Waals surface area contributed by atoms with Gasteiger partial charge in [0.25, 0.3) is 0 Å². The maximum absolute atomic E-state index is 12.6. The summed E-state index contributed by atoms with van der Waals surface area (Å²) in [5, 5.41) is 11.8. The predicted octanol–water partition coefficient (Wildman–Crippen LogP) is 1.76. The minimum absolute atomic E-state index is 0.0338. The van der Waals surface area contributed by atoms with Gasteiger partial charge in [-0.3, -0.25) is 9.59 Å². The van der Waals surface area contributed by atoms with Crippen LogP contribution in [0, 0.1) is 0 Å². The molecular formula is C20H25N5O4S2. The molecule has 1 saturated heterocycles. The van der Waals surface area contributed by atoms with E-state index in [-0.39, 0.29) is 11.8 Å². The van der Waals surface area contributed by atoms with Crippen LogP contribution >= 0.6 is 23.1 Å². The Labute approximate surface area is 189 Å². The molecule has 0 spiro atoms. The molecule has 1 aromatic carbocycles. The fraction of sp³-hybridized carbons (Fsp3) is 0.400. The Morgan fingerprint density at radius 2 is 1.90 bits per heavy atom. The third-order valence-electron chi connectivity index (χ3n) is 4.69. The third kappa shape index (κ3) is 6.11. The van der Waals surface area contributed by atoms with Crippen LogP contribution in [0.15, 0.2) is 28.6 Å². The Morgan fingerprint density at radius 1 is 1.16 bits per heavy atom. The Bertz CT molecular complexity index is 941. The van der Waals surface area contributed by atoms with E-state index in [1.165, 1.54) is 23.1 Å². The highest BCUT2D eigenvalue weighted by Gasteiger charge is 2.22. The highest BCUT2D eigenvalue weighted by molar-refractivity contribution is 8.01. The molecule has 0 bridgehead atoms. The van der Waals surface area contributed by atoms with Crippen molar-refractivity contribution in [2.75, 3.05) is 58.1 Å². The number of thioether (sulfide) groups is 1. The van der Waals surface area contributed by atoms with E-state index < -0.39 is 0 Å². The Morgan fingerprint density at radius 3 is 2.58 bits per heavy atom. The number of anilines is 1. The average molecular weight is 464 g/mol. The number of nitrogens with one attached hydrogen (secondary N) is 1. The van der Waals surface area contributed by atoms with Crippen LogP contribution in [0.3, 0.4) is 0 Å². The number of methoxy groups -OCH3 is 2. The first-order valence-corrected chi connectivity index (χ1v) is 11.4. The molecule has 1 N–H and O–H groups in total. The molecule has 31 heavy (non-hydrogen) atoms. The van der Waals surface area contributed by atoms with E-state index in [0.717, 1.165) is 15.0 Å². The van der Waals surface area contributed by atoms with Crippen molar-refractivity contribution in [3.8, 4) is 11.5 Å². The lowest BCUT2D eigenvalue weighted by molar-refractivity contribution is -0.126. The molecule has 0 saturated carbocycles. The van der Waals surface area contributed by atoms with Gasteiger partial charge in [0.15, 0.2) is 15.8 Å². The van der Waals surface area contributed by atoms with Gasteiger partial charge in [0.05, 0.1) is 20.0 Å². The molecule has 2 aromatic rings. The van der Waals surface area contributed by atoms with Gasteiger partial charge in [0.1, 0.15) is 0 Å². The molecule has 9 nitrogen and oxygen atoms in total. The van der Waals surface area contributed by atoms with E-state index in [1.807, 2.05) is 23.1 Å². The third-order valence-corrected chi connectivity index (χ3v) is 6.81. The number of benzene rings is 1. The molecule has 1 aliphatic rings. The topological polar surface area (TPSA) is 96.9 Å². The molecule has 166 valence electrons. The SMILES string of the molecule is CNC(=O)CSc1nnc(N2CCN(C(=O)/C=C/c3ccc(OC)c(OC)c3)CC2)s1. The normalized spacial score (nSPS) is 14.0. The smallest absolute Gasteiger partial charge is 0.246 e. The highest BCUT2D eigenvalue weighted by Crippen LogP contribution is 2.29. The molecule has 11 heteroatoms. The van der Waals surface area contributed by atoms with E-state index >= 15 is 0 Å². The zero-order valence-corrected chi connectivity index (χ0v) is 19.3. The van der Waals surface area contributed by atoms with Gasteiger partial charge in [-0.2, -0.15) is 0 Å². The summed E-state index contributed by atoms with van der Waals surface area (Å²) in [6.07, 6.45) is 3.35. The summed E-state index contributed by atoms with van der Waals surface area (Å²) in [5.74, 6) is 1.51. The number of amides is 2. The molecule has 2 amide bonds. The number of nitrogens with zero attached hydrogens (tertiary/aromatic N) is 4. The van der Waals surface area contributed by atoms with Crippen LogP contribution < -0.4 is 19.7 Å². The molecule has 1 aliphatic heterocycles. The van der Waals surface area contributed by atoms with Gasteiger partial charge in [0.2, 0.25) is 16.9 Å². The largest absolute Gasteiger partial charge is 0.493 e. The van der Waals surface area contributed by atoms with E-state index in [1.54, 1.807) is 33.4 Å². The lowest BCUT2D eigenvalue weighted by Crippen LogP contribution is -2.48. The summed E-state index contributed by atoms with van der Waals surface area (Å²) >= 11 is 2.83. The number of ether oxygens (including phenoxy) is 2. The van der Waals surface area contributed by atoms with Crippen molar-refractivity contribution in [1.29, 1.82) is 0 Å². The van der Waals surface area contributed by atoms with Crippen molar-refractivity contribution in [2.24, 2.45) is 0 Å². The van der Waals surface area contributed by atoms with Crippen molar-refractivity contribution in [1.82, 2.24) is 20.4 Å². The van der Waals surface area contributed by atoms with Gasteiger partial charge in [-0.1, -0.05) is 29.2 Å². The van der Waals surface area contributed by atoms with Crippen molar-refractivity contribution in [2.45, 2.75) is 4.34 Å². The summed E-state index contributed by atoms with van der Waals surface area (Å²) < 4.78 is 11.3. The molecule has 3 rings (SSSR count). The summed E-state index contributed by atoms with van der Waals surface area (Å²) in [4.78, 5) is 27.9. The maximum Gasteiger partial charge on any atom is 0.246 e. The summed E-state index contributed by atoms with van der Waals surface area (Å²) in [6.45, 7) is 2.58. The van der Waals surface area contributed by atoms with E-state index in [9.17, 15) is 9.59 Å². The van der Waals surface area contributed by atoms with E-state index in [0.29, 0.717) is 43.4 Å². The van der Waals surface area contributed by atoms with Crippen LogP contribution in [0.1, 0.15) is 5.56 Å². The van der Waals surface area contributed by atoms with Gasteiger partial charge in [-0.05, 0) is 23.8 Å². The van der Waals surface area contributed by atoms with Gasteiger partial charge in [-0.15, -0.1) is 10.2 Å². The van der Waals surface area contributed by atoms with Crippen LogP contribution in [0.2, 0.25) is 0 Å². The molecule has 1 fully saturated rings. The lowest BCUT2D eigenvalue weighted by atomic mass is 10.2. The molecule has 0 radical (unpaired) electrons. The number of hydrogen-bond acceptors (Lipinski definition) is 9. The average Bonchev–Trinajstić information content (AvgIpc) is 3.29. The second-order valence-electron chi connectivity index (χ2n) is 6.57. The molecular weight excluding hydrogens is 438 g/mol. The number of hydrogen-bond donors (Lipinski definition) is 1. The lowest BCUT2D eigenvalue weighted by Gasteiger charge is -2.33. The molecule has 1 aromatic heterocycles. The summed E-state index contributed by atoms with van der Waals surface area (Å²) in [5.41, 5.74) is 0.861. The highest BCUT2D eigenvalue weighted by atomic mass is 32.2. The summed E-state index contributed by atoms with van der Waals surface area (Å²) in [7, 11) is 4.78. The zero-order chi connectivity index (χ0) is 22.2. The molecule has 2 heterocycles. The van der Waals surface area contributed by atoms with Crippen molar-refractivity contribution in [3.05, 3.63) is 29.8 Å². The van der Waals surface area contributed by atoms with E-state index in [2.05, 4.69) is 20.4 Å². The van der Waals surface area contributed by atoms with Crippen LogP contribution in [0.5, 0.6) is 11.5 Å². The van der Waals surface area contributed by atoms with Crippen LogP contribution in [0.25, 0.3) is 6.08 Å². The predicted molar refractivity (Wildman–Crippen MR) is 122 cm³/mol. The van der Waals surface area contributed by atoms with Crippen LogP contribution in [-0.2, 0) is 9.59 Å². The zero-order valence-electron chi connectivity index (χ0n) is 17.7.